The molecule has 0 radical (unpaired) electrons. The van der Waals surface area contributed by atoms with Crippen LogP contribution in [0.5, 0.6) is 0 Å². The van der Waals surface area contributed by atoms with Gasteiger partial charge in [-0.05, 0) is 36.7 Å². The predicted octanol–water partition coefficient (Wildman–Crippen LogP) is 3.58. The molecule has 3 aromatic rings. The van der Waals surface area contributed by atoms with Gasteiger partial charge in [0.1, 0.15) is 0 Å². The van der Waals surface area contributed by atoms with Crippen molar-refractivity contribution in [1.82, 2.24) is 14.9 Å². The normalized spacial score (nSPS) is 11.1. The molecular weight excluding hydrogens is 258 g/mol. The van der Waals surface area contributed by atoms with Crippen molar-refractivity contribution in [2.75, 3.05) is 6.54 Å². The van der Waals surface area contributed by atoms with E-state index >= 15 is 0 Å². The molecular formula is C18H21N3. The Kier molecular flexibility index (Phi) is 4.31. The molecule has 3 heteroatoms. The van der Waals surface area contributed by atoms with Crippen molar-refractivity contribution >= 4 is 10.9 Å². The molecule has 0 atom stereocenters. The van der Waals surface area contributed by atoms with Gasteiger partial charge in [-0.3, -0.25) is 4.98 Å². The molecule has 0 spiro atoms. The van der Waals surface area contributed by atoms with Crippen LogP contribution in [0.25, 0.3) is 10.9 Å². The molecule has 0 unspecified atom stereocenters. The van der Waals surface area contributed by atoms with Crippen LogP contribution < -0.4 is 5.32 Å². The third-order valence-corrected chi connectivity index (χ3v) is 3.71. The van der Waals surface area contributed by atoms with Gasteiger partial charge in [-0.25, -0.2) is 0 Å². The Morgan fingerprint density at radius 1 is 1.10 bits per heavy atom. The minimum Gasteiger partial charge on any atom is -0.346 e. The van der Waals surface area contributed by atoms with Crippen molar-refractivity contribution in [2.45, 2.75) is 26.4 Å². The third kappa shape index (κ3) is 3.14. The van der Waals surface area contributed by atoms with Gasteiger partial charge in [-0.1, -0.05) is 31.2 Å². The number of hydrogen-bond donors (Lipinski definition) is 1. The summed E-state index contributed by atoms with van der Waals surface area (Å²) in [6.07, 6.45) is 5.17. The second kappa shape index (κ2) is 6.55. The number of aromatic nitrogens is 2. The molecule has 2 heterocycles. The van der Waals surface area contributed by atoms with Crippen molar-refractivity contribution in [3.63, 3.8) is 0 Å². The van der Waals surface area contributed by atoms with Gasteiger partial charge < -0.3 is 9.88 Å². The van der Waals surface area contributed by atoms with Crippen LogP contribution in [0.2, 0.25) is 0 Å². The molecule has 1 N–H and O–H groups in total. The van der Waals surface area contributed by atoms with E-state index in [9.17, 15) is 0 Å². The van der Waals surface area contributed by atoms with Gasteiger partial charge in [0.05, 0.1) is 5.52 Å². The van der Waals surface area contributed by atoms with Crippen LogP contribution in [0.15, 0.2) is 54.9 Å². The predicted molar refractivity (Wildman–Crippen MR) is 87.3 cm³/mol. The smallest absolute Gasteiger partial charge is 0.0751 e. The minimum absolute atomic E-state index is 0.866. The molecule has 108 valence electrons. The maximum atomic E-state index is 4.54. The second-order valence-corrected chi connectivity index (χ2v) is 5.30. The fourth-order valence-corrected chi connectivity index (χ4v) is 2.64. The van der Waals surface area contributed by atoms with Crippen molar-refractivity contribution in [3.8, 4) is 0 Å². The zero-order valence-corrected chi connectivity index (χ0v) is 12.4. The number of hydrogen-bond acceptors (Lipinski definition) is 2. The maximum Gasteiger partial charge on any atom is 0.0751 e. The number of nitrogens with zero attached hydrogens (tertiary/aromatic N) is 2. The van der Waals surface area contributed by atoms with Gasteiger partial charge in [-0.2, -0.15) is 0 Å². The molecule has 0 amide bonds. The summed E-state index contributed by atoms with van der Waals surface area (Å²) in [6, 6.07) is 14.8. The highest BCUT2D eigenvalue weighted by atomic mass is 15.0. The molecule has 3 nitrogen and oxygen atoms in total. The van der Waals surface area contributed by atoms with Crippen LogP contribution in [-0.4, -0.2) is 16.1 Å². The Hall–Kier alpha value is -2.13. The second-order valence-electron chi connectivity index (χ2n) is 5.30. The van der Waals surface area contributed by atoms with Crippen LogP contribution in [-0.2, 0) is 13.1 Å². The molecule has 3 rings (SSSR count). The molecule has 2 aromatic heterocycles. The minimum atomic E-state index is 0.866. The zero-order valence-electron chi connectivity index (χ0n) is 12.4. The highest BCUT2D eigenvalue weighted by Crippen LogP contribution is 2.18. The van der Waals surface area contributed by atoms with Gasteiger partial charge >= 0.3 is 0 Å². The Bertz CT molecular complexity index is 710. The molecule has 0 saturated carbocycles. The van der Waals surface area contributed by atoms with Crippen LogP contribution in [0.4, 0.5) is 0 Å². The van der Waals surface area contributed by atoms with Crippen LogP contribution in [0, 0.1) is 0 Å². The van der Waals surface area contributed by atoms with Gasteiger partial charge in [0, 0.05) is 36.6 Å². The summed E-state index contributed by atoms with van der Waals surface area (Å²) < 4.78 is 2.30. The van der Waals surface area contributed by atoms with Crippen molar-refractivity contribution < 1.29 is 0 Å². The molecule has 0 aliphatic heterocycles. The standard InChI is InChI=1S/C18H21N3/c1-2-10-19-13-17-9-5-12-21(17)14-16-7-3-6-15-8-4-11-20-18(15)16/h3-9,11-12,19H,2,10,13-14H2,1H3. The van der Waals surface area contributed by atoms with E-state index in [1.165, 1.54) is 16.6 Å². The fraction of sp³-hybridized carbons (Fsp3) is 0.278. The molecule has 0 saturated heterocycles. The summed E-state index contributed by atoms with van der Waals surface area (Å²) >= 11 is 0. The lowest BCUT2D eigenvalue weighted by atomic mass is 10.1. The average molecular weight is 279 g/mol. The highest BCUT2D eigenvalue weighted by molar-refractivity contribution is 5.81. The summed E-state index contributed by atoms with van der Waals surface area (Å²) in [6.45, 7) is 5.03. The summed E-state index contributed by atoms with van der Waals surface area (Å²) in [5.41, 5.74) is 3.68. The van der Waals surface area contributed by atoms with Crippen LogP contribution in [0.1, 0.15) is 24.6 Å². The molecule has 0 bridgehead atoms. The Morgan fingerprint density at radius 3 is 2.90 bits per heavy atom. The lowest BCUT2D eigenvalue weighted by molar-refractivity contribution is 0.631. The molecule has 1 aromatic carbocycles. The van der Waals surface area contributed by atoms with Crippen LogP contribution >= 0.6 is 0 Å². The van der Waals surface area contributed by atoms with E-state index in [1.807, 2.05) is 12.3 Å². The number of para-hydroxylation sites is 1. The van der Waals surface area contributed by atoms with E-state index in [1.54, 1.807) is 0 Å². The summed E-state index contributed by atoms with van der Waals surface area (Å²) in [5.74, 6) is 0. The van der Waals surface area contributed by atoms with Gasteiger partial charge in [0.15, 0.2) is 0 Å². The number of nitrogens with one attached hydrogen (secondary N) is 1. The summed E-state index contributed by atoms with van der Waals surface area (Å²) in [4.78, 5) is 4.54. The van der Waals surface area contributed by atoms with E-state index in [-0.39, 0.29) is 0 Å². The third-order valence-electron chi connectivity index (χ3n) is 3.71. The van der Waals surface area contributed by atoms with Crippen molar-refractivity contribution in [1.29, 1.82) is 0 Å². The van der Waals surface area contributed by atoms with E-state index in [0.29, 0.717) is 0 Å². The highest BCUT2D eigenvalue weighted by Gasteiger charge is 2.05. The topological polar surface area (TPSA) is 29.9 Å². The number of fused-ring (bicyclic) bond motifs is 1. The average Bonchev–Trinajstić information content (AvgIpc) is 2.95. The van der Waals surface area contributed by atoms with Gasteiger partial charge in [-0.15, -0.1) is 0 Å². The quantitative estimate of drug-likeness (QED) is 0.699. The first-order valence-electron chi connectivity index (χ1n) is 7.56. The van der Waals surface area contributed by atoms with E-state index in [4.69, 9.17) is 0 Å². The Balaban J connectivity index is 1.84. The zero-order chi connectivity index (χ0) is 14.5. The maximum absolute atomic E-state index is 4.54. The lowest BCUT2D eigenvalue weighted by Gasteiger charge is -2.11. The van der Waals surface area contributed by atoms with Gasteiger partial charge in [0.25, 0.3) is 0 Å². The summed E-state index contributed by atoms with van der Waals surface area (Å²) in [7, 11) is 0. The largest absolute Gasteiger partial charge is 0.346 e. The van der Waals surface area contributed by atoms with E-state index < -0.39 is 0 Å². The Labute approximate surface area is 125 Å². The molecule has 0 aliphatic rings. The molecule has 21 heavy (non-hydrogen) atoms. The van der Waals surface area contributed by atoms with Crippen LogP contribution in [0.3, 0.4) is 0 Å². The van der Waals surface area contributed by atoms with Crippen molar-refractivity contribution in [2.24, 2.45) is 0 Å². The first-order chi connectivity index (χ1) is 10.4. The Morgan fingerprint density at radius 2 is 2.00 bits per heavy atom. The monoisotopic (exact) mass is 279 g/mol. The lowest BCUT2D eigenvalue weighted by Crippen LogP contribution is -2.17. The summed E-state index contributed by atoms with van der Waals surface area (Å²) in [5, 5.41) is 4.67. The number of rotatable bonds is 6. The van der Waals surface area contributed by atoms with E-state index in [2.05, 4.69) is 64.4 Å². The number of pyridine rings is 1. The van der Waals surface area contributed by atoms with E-state index in [0.717, 1.165) is 31.6 Å². The van der Waals surface area contributed by atoms with Crippen molar-refractivity contribution in [3.05, 3.63) is 66.1 Å². The fourth-order valence-electron chi connectivity index (χ4n) is 2.64. The first-order valence-corrected chi connectivity index (χ1v) is 7.56. The number of benzene rings is 1. The molecule has 0 fully saturated rings. The SMILES string of the molecule is CCCNCc1cccn1Cc1cccc2cccnc12. The molecule has 0 aliphatic carbocycles. The first kappa shape index (κ1) is 13.8. The van der Waals surface area contributed by atoms with Gasteiger partial charge in [0.2, 0.25) is 0 Å².